The number of hydrogen-bond donors (Lipinski definition) is 2. The summed E-state index contributed by atoms with van der Waals surface area (Å²) in [5.41, 5.74) is 6.61. The number of benzene rings is 2. The Kier molecular flexibility index (Phi) is 6.39. The molecule has 3 aromatic rings. The number of nitrogens with zero attached hydrogens (tertiary/aromatic N) is 2. The van der Waals surface area contributed by atoms with E-state index < -0.39 is 0 Å². The number of aryl methyl sites for hydroxylation is 2. The molecule has 6 nitrogen and oxygen atoms in total. The smallest absolute Gasteiger partial charge is 0.238 e. The lowest BCUT2D eigenvalue weighted by Crippen LogP contribution is -2.29. The number of carbonyl (C=O) groups excluding carboxylic acids is 1. The molecule has 10 heteroatoms. The number of nitrogens with one attached hydrogen (secondary N) is 2. The highest BCUT2D eigenvalue weighted by molar-refractivity contribution is 6.41. The van der Waals surface area contributed by atoms with Crippen molar-refractivity contribution < 1.29 is 13.7 Å². The molecule has 0 spiro atoms. The van der Waals surface area contributed by atoms with Crippen molar-refractivity contribution in [2.75, 3.05) is 5.43 Å². The Morgan fingerprint density at radius 1 is 1.18 bits per heavy atom. The Morgan fingerprint density at radius 3 is 2.57 bits per heavy atom. The van der Waals surface area contributed by atoms with Crippen LogP contribution in [0.5, 0.6) is 0 Å². The van der Waals surface area contributed by atoms with E-state index in [0.717, 1.165) is 0 Å². The number of amides is 1. The average Bonchev–Trinajstić information content (AvgIpc) is 3.10. The summed E-state index contributed by atoms with van der Waals surface area (Å²) < 4.78 is 18.5. The molecule has 0 radical (unpaired) electrons. The SMILES string of the molecule is Cc1cc(-c2noc(CCC(=O)NNc3c(Cl)cc(Cl)cc3Cl)n2)ccc1F. The van der Waals surface area contributed by atoms with Gasteiger partial charge in [0.2, 0.25) is 17.6 Å². The van der Waals surface area contributed by atoms with Crippen molar-refractivity contribution in [2.45, 2.75) is 19.8 Å². The van der Waals surface area contributed by atoms with Crippen molar-refractivity contribution in [3.63, 3.8) is 0 Å². The largest absolute Gasteiger partial charge is 0.339 e. The molecule has 0 atom stereocenters. The van der Waals surface area contributed by atoms with E-state index in [-0.39, 0.29) is 40.5 Å². The Labute approximate surface area is 174 Å². The van der Waals surface area contributed by atoms with Gasteiger partial charge in [-0.05, 0) is 42.8 Å². The number of hydrazine groups is 1. The van der Waals surface area contributed by atoms with Crippen LogP contribution in [0.4, 0.5) is 10.1 Å². The highest BCUT2D eigenvalue weighted by Gasteiger charge is 2.13. The maximum atomic E-state index is 13.4. The molecule has 146 valence electrons. The third-order valence-electron chi connectivity index (χ3n) is 3.78. The van der Waals surface area contributed by atoms with Crippen molar-refractivity contribution in [3.05, 3.63) is 62.7 Å². The Balaban J connectivity index is 1.55. The van der Waals surface area contributed by atoms with E-state index in [0.29, 0.717) is 27.7 Å². The van der Waals surface area contributed by atoms with Crippen LogP contribution in [0.15, 0.2) is 34.9 Å². The summed E-state index contributed by atoms with van der Waals surface area (Å²) in [6, 6.07) is 7.53. The van der Waals surface area contributed by atoms with Crippen LogP contribution in [-0.2, 0) is 11.2 Å². The molecule has 2 aromatic carbocycles. The van der Waals surface area contributed by atoms with Crippen molar-refractivity contribution in [3.8, 4) is 11.4 Å². The van der Waals surface area contributed by atoms with E-state index in [1.807, 2.05) is 0 Å². The fourth-order valence-corrected chi connectivity index (χ4v) is 3.25. The van der Waals surface area contributed by atoms with E-state index >= 15 is 0 Å². The number of halogens is 4. The first-order valence-corrected chi connectivity index (χ1v) is 9.25. The van der Waals surface area contributed by atoms with Crippen LogP contribution in [-0.4, -0.2) is 16.0 Å². The standard InChI is InChI=1S/C18H14Cl3FN4O2/c1-9-6-10(2-3-14(9)22)18-23-16(28-26-18)5-4-15(27)24-25-17-12(20)7-11(19)8-13(17)21/h2-3,6-8,25H,4-5H2,1H3,(H,24,27). The van der Waals surface area contributed by atoms with Gasteiger partial charge in [-0.3, -0.25) is 15.6 Å². The fourth-order valence-electron chi connectivity index (χ4n) is 2.33. The molecule has 1 heterocycles. The molecule has 3 rings (SSSR count). The van der Waals surface area contributed by atoms with E-state index in [4.69, 9.17) is 39.3 Å². The van der Waals surface area contributed by atoms with Gasteiger partial charge in [0.25, 0.3) is 0 Å². The molecule has 0 aliphatic rings. The number of anilines is 1. The van der Waals surface area contributed by atoms with E-state index in [2.05, 4.69) is 21.0 Å². The van der Waals surface area contributed by atoms with Gasteiger partial charge in [0.15, 0.2) is 0 Å². The zero-order valence-electron chi connectivity index (χ0n) is 14.5. The first-order valence-electron chi connectivity index (χ1n) is 8.12. The lowest BCUT2D eigenvalue weighted by atomic mass is 10.1. The second-order valence-corrected chi connectivity index (χ2v) is 7.14. The monoisotopic (exact) mass is 442 g/mol. The molecule has 0 fully saturated rings. The summed E-state index contributed by atoms with van der Waals surface area (Å²) in [6.45, 7) is 1.65. The minimum Gasteiger partial charge on any atom is -0.339 e. The molecule has 2 N–H and O–H groups in total. The zero-order valence-corrected chi connectivity index (χ0v) is 16.8. The van der Waals surface area contributed by atoms with Gasteiger partial charge in [-0.15, -0.1) is 0 Å². The predicted octanol–water partition coefficient (Wildman–Crippen LogP) is 5.22. The normalized spacial score (nSPS) is 10.8. The van der Waals surface area contributed by atoms with Crippen molar-refractivity contribution in [1.29, 1.82) is 0 Å². The van der Waals surface area contributed by atoms with Crippen molar-refractivity contribution >= 4 is 46.4 Å². The summed E-state index contributed by atoms with van der Waals surface area (Å²) in [5, 5.41) is 4.79. The minimum absolute atomic E-state index is 0.0832. The van der Waals surface area contributed by atoms with Crippen LogP contribution in [0.25, 0.3) is 11.4 Å². The van der Waals surface area contributed by atoms with Gasteiger partial charge in [0.05, 0.1) is 15.7 Å². The Morgan fingerprint density at radius 2 is 1.89 bits per heavy atom. The molecule has 0 saturated heterocycles. The maximum Gasteiger partial charge on any atom is 0.238 e. The molecular formula is C18H14Cl3FN4O2. The third-order valence-corrected chi connectivity index (χ3v) is 4.60. The van der Waals surface area contributed by atoms with Crippen LogP contribution in [0, 0.1) is 12.7 Å². The highest BCUT2D eigenvalue weighted by atomic mass is 35.5. The minimum atomic E-state index is -0.334. The number of aromatic nitrogens is 2. The maximum absolute atomic E-state index is 13.4. The summed E-state index contributed by atoms with van der Waals surface area (Å²) in [7, 11) is 0. The molecule has 0 saturated carbocycles. The summed E-state index contributed by atoms with van der Waals surface area (Å²) in [4.78, 5) is 16.2. The van der Waals surface area contributed by atoms with Crippen molar-refractivity contribution in [1.82, 2.24) is 15.6 Å². The lowest BCUT2D eigenvalue weighted by molar-refractivity contribution is -0.120. The van der Waals surface area contributed by atoms with E-state index in [1.54, 1.807) is 19.1 Å². The summed E-state index contributed by atoms with van der Waals surface area (Å²) in [6.07, 6.45) is 0.308. The van der Waals surface area contributed by atoms with E-state index in [9.17, 15) is 9.18 Å². The topological polar surface area (TPSA) is 80.0 Å². The highest BCUT2D eigenvalue weighted by Crippen LogP contribution is 2.33. The second-order valence-electron chi connectivity index (χ2n) is 5.89. The molecule has 1 amide bonds. The van der Waals surface area contributed by atoms with Crippen LogP contribution < -0.4 is 10.9 Å². The zero-order chi connectivity index (χ0) is 20.3. The summed E-state index contributed by atoms with van der Waals surface area (Å²) >= 11 is 17.9. The van der Waals surface area contributed by atoms with Crippen molar-refractivity contribution in [2.24, 2.45) is 0 Å². The lowest BCUT2D eigenvalue weighted by Gasteiger charge is -2.11. The Bertz CT molecular complexity index is 1000. The quantitative estimate of drug-likeness (QED) is 0.511. The van der Waals surface area contributed by atoms with Gasteiger partial charge in [0, 0.05) is 23.4 Å². The molecule has 0 aliphatic carbocycles. The fraction of sp³-hybridized carbons (Fsp3) is 0.167. The number of carbonyl (C=O) groups is 1. The molecule has 0 bridgehead atoms. The second kappa shape index (κ2) is 8.77. The van der Waals surface area contributed by atoms with E-state index in [1.165, 1.54) is 18.2 Å². The predicted molar refractivity (Wildman–Crippen MR) is 106 cm³/mol. The average molecular weight is 444 g/mol. The number of hydrogen-bond acceptors (Lipinski definition) is 5. The van der Waals surface area contributed by atoms with Crippen LogP contribution >= 0.6 is 34.8 Å². The molecule has 28 heavy (non-hydrogen) atoms. The van der Waals surface area contributed by atoms with Crippen LogP contribution in [0.3, 0.4) is 0 Å². The first-order chi connectivity index (χ1) is 13.3. The first kappa shape index (κ1) is 20.4. The van der Waals surface area contributed by atoms with Gasteiger partial charge in [-0.1, -0.05) is 40.0 Å². The van der Waals surface area contributed by atoms with Gasteiger partial charge in [-0.25, -0.2) is 4.39 Å². The molecule has 1 aromatic heterocycles. The molecule has 0 unspecified atom stereocenters. The van der Waals surface area contributed by atoms with Gasteiger partial charge in [-0.2, -0.15) is 4.98 Å². The third kappa shape index (κ3) is 4.92. The van der Waals surface area contributed by atoms with Gasteiger partial charge >= 0.3 is 0 Å². The summed E-state index contributed by atoms with van der Waals surface area (Å²) in [5.74, 6) is -0.0250. The molecular weight excluding hydrogens is 430 g/mol. The van der Waals surface area contributed by atoms with Crippen LogP contribution in [0.1, 0.15) is 17.9 Å². The van der Waals surface area contributed by atoms with Crippen LogP contribution in [0.2, 0.25) is 15.1 Å². The van der Waals surface area contributed by atoms with Gasteiger partial charge < -0.3 is 4.52 Å². The van der Waals surface area contributed by atoms with Gasteiger partial charge in [0.1, 0.15) is 5.82 Å². The molecule has 0 aliphatic heterocycles. The number of rotatable bonds is 6. The Hall–Kier alpha value is -2.35.